The molecule has 5 nitrogen and oxygen atoms in total. The van der Waals surface area contributed by atoms with E-state index in [0.717, 1.165) is 0 Å². The minimum Gasteiger partial charge on any atom is -0.480 e. The quantitative estimate of drug-likeness (QED) is 0.776. The summed E-state index contributed by atoms with van der Waals surface area (Å²) in [7, 11) is 0. The van der Waals surface area contributed by atoms with Crippen molar-refractivity contribution in [3.8, 4) is 10.8 Å². The number of ether oxygens (including phenoxy) is 1. The van der Waals surface area contributed by atoms with Crippen LogP contribution in [-0.4, -0.2) is 28.8 Å². The molecule has 0 unspecified atom stereocenters. The lowest BCUT2D eigenvalue weighted by Crippen LogP contribution is -2.43. The Labute approximate surface area is 103 Å². The molecule has 1 atom stereocenters. The van der Waals surface area contributed by atoms with Gasteiger partial charge >= 0.3 is 12.1 Å². The lowest BCUT2D eigenvalue weighted by Gasteiger charge is -2.21. The van der Waals surface area contributed by atoms with Gasteiger partial charge in [-0.15, -0.1) is 0 Å². The molecule has 0 aliphatic rings. The number of hydrogen-bond acceptors (Lipinski definition) is 3. The summed E-state index contributed by atoms with van der Waals surface area (Å²) >= 11 is 2.84. The summed E-state index contributed by atoms with van der Waals surface area (Å²) in [5.74, 6) is 1.36. The number of carboxylic acid groups (broad SMARTS) is 1. The van der Waals surface area contributed by atoms with Crippen LogP contribution in [0.5, 0.6) is 0 Å². The van der Waals surface area contributed by atoms with Gasteiger partial charge in [0.25, 0.3) is 0 Å². The largest absolute Gasteiger partial charge is 0.480 e. The first kappa shape index (κ1) is 14.8. The number of rotatable bonds is 3. The topological polar surface area (TPSA) is 75.6 Å². The lowest BCUT2D eigenvalue weighted by atomic mass is 10.2. The van der Waals surface area contributed by atoms with E-state index in [1.165, 1.54) is 0 Å². The predicted octanol–water partition coefficient (Wildman–Crippen LogP) is 1.71. The van der Waals surface area contributed by atoms with Crippen LogP contribution in [0, 0.1) is 10.8 Å². The highest BCUT2D eigenvalue weighted by Gasteiger charge is 2.22. The van der Waals surface area contributed by atoms with Gasteiger partial charge < -0.3 is 15.2 Å². The van der Waals surface area contributed by atoms with Crippen LogP contribution in [0.3, 0.4) is 0 Å². The van der Waals surface area contributed by atoms with Gasteiger partial charge in [-0.05, 0) is 25.6 Å². The lowest BCUT2D eigenvalue weighted by molar-refractivity contribution is -0.139. The van der Waals surface area contributed by atoms with Crippen LogP contribution in [0.2, 0.25) is 0 Å². The Hall–Kier alpha value is -1.22. The van der Waals surface area contributed by atoms with Crippen molar-refractivity contribution in [3.05, 3.63) is 0 Å². The first-order valence-corrected chi connectivity index (χ1v) is 5.36. The SMILES string of the molecule is CC(C)(C)OC(=O)N[C@@H](CC#CBr)C(=O)O. The molecule has 0 aromatic carbocycles. The number of amides is 1. The number of carbonyl (C=O) groups excluding carboxylic acids is 1. The molecule has 6 heteroatoms. The van der Waals surface area contributed by atoms with Crippen molar-refractivity contribution >= 4 is 28.0 Å². The van der Waals surface area contributed by atoms with Crippen LogP contribution < -0.4 is 5.32 Å². The van der Waals surface area contributed by atoms with E-state index in [1.54, 1.807) is 20.8 Å². The Morgan fingerprint density at radius 1 is 1.50 bits per heavy atom. The van der Waals surface area contributed by atoms with Gasteiger partial charge in [0.15, 0.2) is 0 Å². The van der Waals surface area contributed by atoms with E-state index >= 15 is 0 Å². The van der Waals surface area contributed by atoms with Crippen LogP contribution in [0.15, 0.2) is 0 Å². The van der Waals surface area contributed by atoms with E-state index in [9.17, 15) is 9.59 Å². The maximum atomic E-state index is 11.3. The molecule has 0 aliphatic carbocycles. The molecular formula is C10H14BrNO4. The molecule has 90 valence electrons. The fourth-order valence-corrected chi connectivity index (χ4v) is 0.952. The number of aliphatic carboxylic acids is 1. The first-order chi connectivity index (χ1) is 7.26. The summed E-state index contributed by atoms with van der Waals surface area (Å²) in [4.78, 5) is 24.4. The van der Waals surface area contributed by atoms with Crippen LogP contribution >= 0.6 is 15.9 Å². The third kappa shape index (κ3) is 7.12. The molecule has 2 N–H and O–H groups in total. The van der Waals surface area contributed by atoms with Crippen LogP contribution in [0.1, 0.15) is 27.2 Å². The van der Waals surface area contributed by atoms with E-state index in [4.69, 9.17) is 9.84 Å². The molecule has 0 aromatic heterocycles. The molecule has 0 saturated carbocycles. The second-order valence-corrected chi connectivity index (χ2v) is 4.41. The summed E-state index contributed by atoms with van der Waals surface area (Å²) in [6.45, 7) is 5.09. The first-order valence-electron chi connectivity index (χ1n) is 4.57. The molecule has 0 heterocycles. The van der Waals surface area contributed by atoms with Crippen molar-refractivity contribution in [2.75, 3.05) is 0 Å². The van der Waals surface area contributed by atoms with Crippen molar-refractivity contribution in [2.45, 2.75) is 38.8 Å². The third-order valence-electron chi connectivity index (χ3n) is 1.36. The van der Waals surface area contributed by atoms with Crippen LogP contribution in [0.4, 0.5) is 4.79 Å². The predicted molar refractivity (Wildman–Crippen MR) is 62.1 cm³/mol. The summed E-state index contributed by atoms with van der Waals surface area (Å²) in [5, 5.41) is 11.0. The van der Waals surface area contributed by atoms with Gasteiger partial charge in [-0.2, -0.15) is 0 Å². The van der Waals surface area contributed by atoms with Crippen molar-refractivity contribution in [2.24, 2.45) is 0 Å². The zero-order valence-corrected chi connectivity index (χ0v) is 10.9. The average molecular weight is 292 g/mol. The van der Waals surface area contributed by atoms with E-state index < -0.39 is 23.7 Å². The normalized spacial score (nSPS) is 12.0. The minimum atomic E-state index is -1.15. The van der Waals surface area contributed by atoms with Gasteiger partial charge in [0.1, 0.15) is 11.6 Å². The standard InChI is InChI=1S/C10H14BrNO4/c1-10(2,3)16-9(15)12-7(8(13)14)5-4-6-11/h7H,5H2,1-3H3,(H,12,15)(H,13,14)/t7-/m0/s1. The average Bonchev–Trinajstić information content (AvgIpc) is 2.08. The van der Waals surface area contributed by atoms with Crippen molar-refractivity contribution < 1.29 is 19.4 Å². The third-order valence-corrected chi connectivity index (χ3v) is 1.64. The fraction of sp³-hybridized carbons (Fsp3) is 0.600. The highest BCUT2D eigenvalue weighted by molar-refractivity contribution is 9.12. The van der Waals surface area contributed by atoms with Crippen molar-refractivity contribution in [3.63, 3.8) is 0 Å². The monoisotopic (exact) mass is 291 g/mol. The molecular weight excluding hydrogens is 278 g/mol. The Kier molecular flexibility index (Phi) is 5.89. The molecule has 0 spiro atoms. The zero-order chi connectivity index (χ0) is 12.8. The van der Waals surface area contributed by atoms with Gasteiger partial charge in [0.05, 0.1) is 0 Å². The van der Waals surface area contributed by atoms with E-state index in [0.29, 0.717) is 0 Å². The van der Waals surface area contributed by atoms with Gasteiger partial charge in [0.2, 0.25) is 0 Å². The molecule has 0 aliphatic heterocycles. The molecule has 16 heavy (non-hydrogen) atoms. The van der Waals surface area contributed by atoms with Crippen molar-refractivity contribution in [1.82, 2.24) is 5.32 Å². The molecule has 0 bridgehead atoms. The second-order valence-electron chi connectivity index (χ2n) is 4.01. The number of carbonyl (C=O) groups is 2. The molecule has 0 saturated heterocycles. The number of carboxylic acids is 1. The molecule has 0 aromatic rings. The molecule has 0 fully saturated rings. The van der Waals surface area contributed by atoms with Gasteiger partial charge in [0, 0.05) is 22.4 Å². The van der Waals surface area contributed by atoms with E-state index in [2.05, 4.69) is 32.0 Å². The minimum absolute atomic E-state index is 0.0137. The molecule has 0 rings (SSSR count). The molecule has 0 radical (unpaired) electrons. The number of nitrogens with one attached hydrogen (secondary N) is 1. The van der Waals surface area contributed by atoms with Crippen molar-refractivity contribution in [1.29, 1.82) is 0 Å². The summed E-state index contributed by atoms with van der Waals surface area (Å²) in [6, 6.07) is -1.07. The van der Waals surface area contributed by atoms with E-state index in [-0.39, 0.29) is 6.42 Å². The maximum Gasteiger partial charge on any atom is 0.408 e. The summed E-state index contributed by atoms with van der Waals surface area (Å²) < 4.78 is 4.93. The van der Waals surface area contributed by atoms with Crippen LogP contribution in [0.25, 0.3) is 0 Å². The Morgan fingerprint density at radius 3 is 2.44 bits per heavy atom. The second kappa shape index (κ2) is 6.38. The molecule has 1 amide bonds. The smallest absolute Gasteiger partial charge is 0.408 e. The highest BCUT2D eigenvalue weighted by atomic mass is 79.9. The number of hydrogen-bond donors (Lipinski definition) is 2. The summed E-state index contributed by atoms with van der Waals surface area (Å²) in [6.07, 6.45) is -0.754. The Balaban J connectivity index is 4.33. The van der Waals surface area contributed by atoms with Gasteiger partial charge in [-0.25, -0.2) is 9.59 Å². The summed E-state index contributed by atoms with van der Waals surface area (Å²) in [5.41, 5.74) is -0.658. The Morgan fingerprint density at radius 2 is 2.06 bits per heavy atom. The zero-order valence-electron chi connectivity index (χ0n) is 9.33. The Bertz CT molecular complexity index is 324. The number of alkyl carbamates (subject to hydrolysis) is 1. The maximum absolute atomic E-state index is 11.3. The van der Waals surface area contributed by atoms with Gasteiger partial charge in [-0.1, -0.05) is 5.92 Å². The highest BCUT2D eigenvalue weighted by Crippen LogP contribution is 2.07. The van der Waals surface area contributed by atoms with Crippen LogP contribution in [-0.2, 0) is 9.53 Å². The number of halogens is 1. The van der Waals surface area contributed by atoms with E-state index in [1.807, 2.05) is 0 Å². The van der Waals surface area contributed by atoms with Gasteiger partial charge in [-0.3, -0.25) is 0 Å². The fourth-order valence-electron chi connectivity index (χ4n) is 0.791.